The summed E-state index contributed by atoms with van der Waals surface area (Å²) in [6.45, 7) is 2.26. The van der Waals surface area contributed by atoms with Gasteiger partial charge in [-0.1, -0.05) is 0 Å². The van der Waals surface area contributed by atoms with Gasteiger partial charge in [0.25, 0.3) is 5.91 Å². The molecule has 3 N–H and O–H groups in total. The molecule has 1 aromatic carbocycles. The van der Waals surface area contributed by atoms with Crippen molar-refractivity contribution in [3.63, 3.8) is 0 Å². The van der Waals surface area contributed by atoms with Gasteiger partial charge in [0.05, 0.1) is 25.4 Å². The molecule has 3 rings (SSSR count). The zero-order chi connectivity index (χ0) is 14.8. The first kappa shape index (κ1) is 13.4. The number of nitrogens with one attached hydrogen (secondary N) is 2. The summed E-state index contributed by atoms with van der Waals surface area (Å²) in [6, 6.07) is 4.53. The number of imidazole rings is 1. The lowest BCUT2D eigenvalue weighted by molar-refractivity contribution is 0.102. The van der Waals surface area contributed by atoms with Crippen LogP contribution in [0.4, 0.5) is 5.82 Å². The van der Waals surface area contributed by atoms with E-state index < -0.39 is 5.91 Å². The summed E-state index contributed by atoms with van der Waals surface area (Å²) in [5, 5.41) is 15.8. The van der Waals surface area contributed by atoms with Crippen molar-refractivity contribution in [1.82, 2.24) is 14.9 Å². The molecule has 2 heterocycles. The predicted molar refractivity (Wildman–Crippen MR) is 76.5 cm³/mol. The lowest BCUT2D eigenvalue weighted by Crippen LogP contribution is -2.29. The summed E-state index contributed by atoms with van der Waals surface area (Å²) >= 11 is 0. The normalized spacial score (nSPS) is 13.6. The first-order valence-corrected chi connectivity index (χ1v) is 6.62. The van der Waals surface area contributed by atoms with E-state index in [1.807, 2.05) is 4.57 Å². The number of methoxy groups -OCH3 is 1. The number of amides is 1. The van der Waals surface area contributed by atoms with E-state index >= 15 is 0 Å². The zero-order valence-electron chi connectivity index (χ0n) is 11.6. The van der Waals surface area contributed by atoms with Crippen molar-refractivity contribution in [2.75, 3.05) is 19.0 Å². The van der Waals surface area contributed by atoms with Gasteiger partial charge in [-0.2, -0.15) is 0 Å². The van der Waals surface area contributed by atoms with Crippen molar-refractivity contribution in [3.8, 4) is 11.5 Å². The van der Waals surface area contributed by atoms with Gasteiger partial charge < -0.3 is 25.0 Å². The Morgan fingerprint density at radius 3 is 3.19 bits per heavy atom. The highest BCUT2D eigenvalue weighted by Crippen LogP contribution is 2.24. The molecule has 7 nitrogen and oxygen atoms in total. The molecule has 0 unspecified atom stereocenters. The van der Waals surface area contributed by atoms with Gasteiger partial charge in [0.1, 0.15) is 23.1 Å². The number of phenols is 1. The fourth-order valence-electron chi connectivity index (χ4n) is 2.30. The Morgan fingerprint density at radius 2 is 2.38 bits per heavy atom. The van der Waals surface area contributed by atoms with Crippen LogP contribution in [0.3, 0.4) is 0 Å². The zero-order valence-corrected chi connectivity index (χ0v) is 11.6. The average Bonchev–Trinajstić information content (AvgIpc) is 2.91. The lowest BCUT2D eigenvalue weighted by atomic mass is 10.1. The number of aromatic nitrogens is 2. The maximum atomic E-state index is 12.3. The fourth-order valence-corrected chi connectivity index (χ4v) is 2.30. The third-order valence-electron chi connectivity index (χ3n) is 3.42. The van der Waals surface area contributed by atoms with Crippen molar-refractivity contribution in [2.24, 2.45) is 0 Å². The SMILES string of the molecule is COc1ccc(O)c(C(=O)Nc2cnc3n2CCNC3)c1. The number of phenolic OH excluding ortho intramolecular Hbond substituents is 1. The van der Waals surface area contributed by atoms with Gasteiger partial charge in [0, 0.05) is 13.1 Å². The number of carbonyl (C=O) groups excluding carboxylic acids is 1. The summed E-state index contributed by atoms with van der Waals surface area (Å²) in [6.07, 6.45) is 1.62. The number of ether oxygens (including phenoxy) is 1. The third kappa shape index (κ3) is 2.55. The van der Waals surface area contributed by atoms with Gasteiger partial charge in [0.15, 0.2) is 0 Å². The molecule has 7 heteroatoms. The van der Waals surface area contributed by atoms with E-state index in [1.165, 1.54) is 19.2 Å². The number of hydrogen-bond donors (Lipinski definition) is 3. The Labute approximate surface area is 121 Å². The van der Waals surface area contributed by atoms with Crippen molar-refractivity contribution in [2.45, 2.75) is 13.1 Å². The largest absolute Gasteiger partial charge is 0.507 e. The molecule has 0 radical (unpaired) electrons. The molecule has 0 saturated carbocycles. The summed E-state index contributed by atoms with van der Waals surface area (Å²) < 4.78 is 7.02. The Kier molecular flexibility index (Phi) is 3.49. The second-order valence-corrected chi connectivity index (χ2v) is 4.73. The van der Waals surface area contributed by atoms with Gasteiger partial charge in [-0.3, -0.25) is 4.79 Å². The van der Waals surface area contributed by atoms with E-state index in [0.717, 1.165) is 18.9 Å². The standard InChI is InChI=1S/C14H16N4O3/c1-21-9-2-3-11(19)10(6-9)14(20)17-13-8-16-12-7-15-4-5-18(12)13/h2-3,6,8,15,19H,4-5,7H2,1H3,(H,17,20). The van der Waals surface area contributed by atoms with Crippen LogP contribution in [0.5, 0.6) is 11.5 Å². The molecule has 1 aliphatic heterocycles. The number of anilines is 1. The molecule has 2 aromatic rings. The number of nitrogens with zero attached hydrogens (tertiary/aromatic N) is 2. The van der Waals surface area contributed by atoms with E-state index in [1.54, 1.807) is 12.3 Å². The molecule has 1 amide bonds. The summed E-state index contributed by atoms with van der Waals surface area (Å²) in [4.78, 5) is 16.6. The van der Waals surface area contributed by atoms with Gasteiger partial charge in [-0.15, -0.1) is 0 Å². The van der Waals surface area contributed by atoms with Crippen molar-refractivity contribution < 1.29 is 14.6 Å². The minimum absolute atomic E-state index is 0.0895. The molecular weight excluding hydrogens is 272 g/mol. The first-order chi connectivity index (χ1) is 10.2. The van der Waals surface area contributed by atoms with Crippen LogP contribution >= 0.6 is 0 Å². The minimum Gasteiger partial charge on any atom is -0.507 e. The molecule has 1 aromatic heterocycles. The summed E-state index contributed by atoms with van der Waals surface area (Å²) in [5.74, 6) is 1.53. The van der Waals surface area contributed by atoms with Crippen molar-refractivity contribution in [3.05, 3.63) is 35.8 Å². The van der Waals surface area contributed by atoms with Crippen molar-refractivity contribution >= 4 is 11.7 Å². The molecule has 0 atom stereocenters. The van der Waals surface area contributed by atoms with Crippen LogP contribution in [0.25, 0.3) is 0 Å². The Bertz CT molecular complexity index is 681. The molecule has 21 heavy (non-hydrogen) atoms. The van der Waals surface area contributed by atoms with Gasteiger partial charge in [-0.25, -0.2) is 4.98 Å². The molecule has 0 aliphatic carbocycles. The number of fused-ring (bicyclic) bond motifs is 1. The van der Waals surface area contributed by atoms with E-state index in [9.17, 15) is 9.90 Å². The summed E-state index contributed by atoms with van der Waals surface area (Å²) in [5.41, 5.74) is 0.166. The van der Waals surface area contributed by atoms with Gasteiger partial charge in [0.2, 0.25) is 0 Å². The molecule has 110 valence electrons. The third-order valence-corrected chi connectivity index (χ3v) is 3.42. The highest BCUT2D eigenvalue weighted by molar-refractivity contribution is 6.06. The Hall–Kier alpha value is -2.54. The number of benzene rings is 1. The van der Waals surface area contributed by atoms with E-state index in [2.05, 4.69) is 15.6 Å². The highest BCUT2D eigenvalue weighted by atomic mass is 16.5. The highest BCUT2D eigenvalue weighted by Gasteiger charge is 2.18. The average molecular weight is 288 g/mol. The van der Waals surface area contributed by atoms with Gasteiger partial charge in [-0.05, 0) is 18.2 Å². The second-order valence-electron chi connectivity index (χ2n) is 4.73. The van der Waals surface area contributed by atoms with Crippen LogP contribution in [-0.2, 0) is 13.1 Å². The predicted octanol–water partition coefficient (Wildman–Crippen LogP) is 0.953. The Morgan fingerprint density at radius 1 is 1.52 bits per heavy atom. The van der Waals surface area contributed by atoms with Gasteiger partial charge >= 0.3 is 0 Å². The molecule has 0 spiro atoms. The van der Waals surface area contributed by atoms with Crippen molar-refractivity contribution in [1.29, 1.82) is 0 Å². The van der Waals surface area contributed by atoms with Crippen LogP contribution in [0.1, 0.15) is 16.2 Å². The van der Waals surface area contributed by atoms with E-state index in [4.69, 9.17) is 4.74 Å². The topological polar surface area (TPSA) is 88.4 Å². The second kappa shape index (κ2) is 5.45. The maximum Gasteiger partial charge on any atom is 0.260 e. The van der Waals surface area contributed by atoms with Crippen LogP contribution in [-0.4, -0.2) is 34.2 Å². The smallest absolute Gasteiger partial charge is 0.260 e. The Balaban J connectivity index is 1.85. The van der Waals surface area contributed by atoms with Crippen LogP contribution < -0.4 is 15.4 Å². The van der Waals surface area contributed by atoms with E-state index in [0.29, 0.717) is 18.1 Å². The maximum absolute atomic E-state index is 12.3. The number of rotatable bonds is 3. The monoisotopic (exact) mass is 288 g/mol. The molecule has 0 fully saturated rings. The van der Waals surface area contributed by atoms with Crippen LogP contribution in [0.15, 0.2) is 24.4 Å². The van der Waals surface area contributed by atoms with Crippen LogP contribution in [0.2, 0.25) is 0 Å². The van der Waals surface area contributed by atoms with E-state index in [-0.39, 0.29) is 11.3 Å². The van der Waals surface area contributed by atoms with Crippen LogP contribution in [0, 0.1) is 0 Å². The quantitative estimate of drug-likeness (QED) is 0.782. The number of carbonyl (C=O) groups is 1. The molecule has 0 bridgehead atoms. The molecular formula is C14H16N4O3. The number of hydrogen-bond acceptors (Lipinski definition) is 5. The molecule has 1 aliphatic rings. The summed E-state index contributed by atoms with van der Waals surface area (Å²) in [7, 11) is 1.51. The first-order valence-electron chi connectivity index (χ1n) is 6.62. The molecule has 0 saturated heterocycles. The minimum atomic E-state index is -0.396. The number of aromatic hydroxyl groups is 1. The fraction of sp³-hybridized carbons (Fsp3) is 0.286. The lowest BCUT2D eigenvalue weighted by Gasteiger charge is -2.17.